The molecule has 5 heteroatoms. The number of rotatable bonds is 4. The number of H-pyrrole nitrogens is 1. The molecule has 2 aromatic heterocycles. The first-order valence-corrected chi connectivity index (χ1v) is 7.48. The molecule has 104 valence electrons. The molecule has 0 bridgehead atoms. The van der Waals surface area contributed by atoms with Crippen LogP contribution in [0.1, 0.15) is 54.9 Å². The molecule has 1 aliphatic heterocycles. The Bertz CT molecular complexity index is 569. The summed E-state index contributed by atoms with van der Waals surface area (Å²) in [5, 5.41) is 7.63. The van der Waals surface area contributed by atoms with Crippen molar-refractivity contribution in [3.8, 4) is 0 Å². The van der Waals surface area contributed by atoms with Crippen LogP contribution in [0, 0.1) is 0 Å². The highest BCUT2D eigenvalue weighted by Crippen LogP contribution is 2.39. The molecule has 1 atom stereocenters. The third-order valence-corrected chi connectivity index (χ3v) is 4.23. The van der Waals surface area contributed by atoms with Gasteiger partial charge in [-0.3, -0.25) is 15.0 Å². The molecule has 3 heterocycles. The molecule has 1 saturated carbocycles. The Morgan fingerprint density at radius 3 is 2.80 bits per heavy atom. The van der Waals surface area contributed by atoms with Crippen molar-refractivity contribution < 1.29 is 0 Å². The van der Waals surface area contributed by atoms with Gasteiger partial charge in [0.1, 0.15) is 5.82 Å². The summed E-state index contributed by atoms with van der Waals surface area (Å²) >= 11 is 0. The number of hydrogen-bond acceptors (Lipinski definition) is 4. The molecule has 0 unspecified atom stereocenters. The second-order valence-corrected chi connectivity index (χ2v) is 5.79. The van der Waals surface area contributed by atoms with Crippen molar-refractivity contribution in [1.29, 1.82) is 0 Å². The number of nitrogens with zero attached hydrogens (tertiary/aromatic N) is 4. The van der Waals surface area contributed by atoms with E-state index in [1.54, 1.807) is 0 Å². The molecule has 0 amide bonds. The van der Waals surface area contributed by atoms with Crippen molar-refractivity contribution in [2.45, 2.75) is 37.6 Å². The van der Waals surface area contributed by atoms with Crippen LogP contribution in [0.15, 0.2) is 24.5 Å². The zero-order valence-electron chi connectivity index (χ0n) is 11.5. The fraction of sp³-hybridized carbons (Fsp3) is 0.533. The molecule has 2 aromatic rings. The molecule has 5 nitrogen and oxygen atoms in total. The smallest absolute Gasteiger partial charge is 0.172 e. The SMILES string of the molecule is c1cncc([C@@H](c2n[nH]c(C3CC3)n2)N2CCCC2)c1. The first-order chi connectivity index (χ1) is 9.92. The fourth-order valence-electron chi connectivity index (χ4n) is 3.01. The summed E-state index contributed by atoms with van der Waals surface area (Å²) in [6, 6.07) is 4.27. The van der Waals surface area contributed by atoms with Gasteiger partial charge in [0.2, 0.25) is 0 Å². The maximum Gasteiger partial charge on any atom is 0.172 e. The van der Waals surface area contributed by atoms with Crippen LogP contribution < -0.4 is 0 Å². The molecule has 0 aromatic carbocycles. The molecule has 0 radical (unpaired) electrons. The van der Waals surface area contributed by atoms with E-state index in [-0.39, 0.29) is 6.04 Å². The average Bonchev–Trinajstić information content (AvgIpc) is 3.01. The van der Waals surface area contributed by atoms with Gasteiger partial charge in [-0.25, -0.2) is 4.98 Å². The van der Waals surface area contributed by atoms with Gasteiger partial charge in [0.15, 0.2) is 5.82 Å². The third kappa shape index (κ3) is 2.22. The maximum absolute atomic E-state index is 4.76. The van der Waals surface area contributed by atoms with Crippen LogP contribution in [0.2, 0.25) is 0 Å². The Morgan fingerprint density at radius 2 is 2.10 bits per heavy atom. The fourth-order valence-corrected chi connectivity index (χ4v) is 3.01. The monoisotopic (exact) mass is 269 g/mol. The van der Waals surface area contributed by atoms with Crippen molar-refractivity contribution >= 4 is 0 Å². The first-order valence-electron chi connectivity index (χ1n) is 7.48. The predicted molar refractivity (Wildman–Crippen MR) is 75.2 cm³/mol. The highest BCUT2D eigenvalue weighted by atomic mass is 15.3. The summed E-state index contributed by atoms with van der Waals surface area (Å²) in [7, 11) is 0. The summed E-state index contributed by atoms with van der Waals surface area (Å²) in [6.45, 7) is 2.24. The molecular formula is C15H19N5. The van der Waals surface area contributed by atoms with E-state index < -0.39 is 0 Å². The van der Waals surface area contributed by atoms with Gasteiger partial charge in [-0.2, -0.15) is 5.10 Å². The number of aromatic nitrogens is 4. The van der Waals surface area contributed by atoms with Crippen LogP contribution >= 0.6 is 0 Å². The molecule has 1 aliphatic carbocycles. The summed E-state index contributed by atoms with van der Waals surface area (Å²) in [5.41, 5.74) is 1.19. The summed E-state index contributed by atoms with van der Waals surface area (Å²) in [5.74, 6) is 2.58. The van der Waals surface area contributed by atoms with Gasteiger partial charge in [0, 0.05) is 18.3 Å². The van der Waals surface area contributed by atoms with Gasteiger partial charge in [0.25, 0.3) is 0 Å². The molecule has 2 aliphatic rings. The van der Waals surface area contributed by atoms with Crippen molar-refractivity contribution in [1.82, 2.24) is 25.1 Å². The van der Waals surface area contributed by atoms with Crippen molar-refractivity contribution in [2.75, 3.05) is 13.1 Å². The van der Waals surface area contributed by atoms with E-state index in [2.05, 4.69) is 26.1 Å². The number of aromatic amines is 1. The van der Waals surface area contributed by atoms with Crippen LogP contribution in [0.5, 0.6) is 0 Å². The highest BCUT2D eigenvalue weighted by molar-refractivity contribution is 5.22. The summed E-state index contributed by atoms with van der Waals surface area (Å²) in [4.78, 5) is 11.5. The van der Waals surface area contributed by atoms with E-state index in [1.165, 1.54) is 31.2 Å². The van der Waals surface area contributed by atoms with Crippen LogP contribution in [-0.4, -0.2) is 38.2 Å². The van der Waals surface area contributed by atoms with E-state index >= 15 is 0 Å². The minimum Gasteiger partial charge on any atom is -0.290 e. The maximum atomic E-state index is 4.76. The molecular weight excluding hydrogens is 250 g/mol. The Balaban J connectivity index is 1.69. The number of nitrogens with one attached hydrogen (secondary N) is 1. The summed E-state index contributed by atoms with van der Waals surface area (Å²) in [6.07, 6.45) is 8.77. The summed E-state index contributed by atoms with van der Waals surface area (Å²) < 4.78 is 0. The van der Waals surface area contributed by atoms with E-state index in [0.717, 1.165) is 24.7 Å². The zero-order chi connectivity index (χ0) is 13.4. The molecule has 2 fully saturated rings. The highest BCUT2D eigenvalue weighted by Gasteiger charge is 2.32. The van der Waals surface area contributed by atoms with Gasteiger partial charge >= 0.3 is 0 Å². The molecule has 1 saturated heterocycles. The van der Waals surface area contributed by atoms with Gasteiger partial charge < -0.3 is 0 Å². The van der Waals surface area contributed by atoms with Crippen molar-refractivity contribution in [3.63, 3.8) is 0 Å². The van der Waals surface area contributed by atoms with Crippen LogP contribution in [-0.2, 0) is 0 Å². The Kier molecular flexibility index (Phi) is 2.99. The quantitative estimate of drug-likeness (QED) is 0.925. The second-order valence-electron chi connectivity index (χ2n) is 5.79. The molecule has 0 spiro atoms. The largest absolute Gasteiger partial charge is 0.290 e. The minimum atomic E-state index is 0.148. The first kappa shape index (κ1) is 12.0. The Hall–Kier alpha value is -1.75. The Morgan fingerprint density at radius 1 is 1.25 bits per heavy atom. The van der Waals surface area contributed by atoms with Gasteiger partial charge in [-0.1, -0.05) is 6.07 Å². The Labute approximate surface area is 118 Å². The zero-order valence-corrected chi connectivity index (χ0v) is 11.5. The normalized spacial score (nSPS) is 21.2. The number of pyridine rings is 1. The van der Waals surface area contributed by atoms with Gasteiger partial charge in [-0.05, 0) is 50.4 Å². The second kappa shape index (κ2) is 4.98. The number of likely N-dealkylation sites (tertiary alicyclic amines) is 1. The van der Waals surface area contributed by atoms with E-state index in [1.807, 2.05) is 18.5 Å². The predicted octanol–water partition coefficient (Wildman–Crippen LogP) is 2.26. The minimum absolute atomic E-state index is 0.148. The van der Waals surface area contributed by atoms with E-state index in [9.17, 15) is 0 Å². The topological polar surface area (TPSA) is 57.7 Å². The van der Waals surface area contributed by atoms with E-state index in [0.29, 0.717) is 5.92 Å². The number of hydrogen-bond donors (Lipinski definition) is 1. The van der Waals surface area contributed by atoms with Crippen molar-refractivity contribution in [3.05, 3.63) is 41.7 Å². The lowest BCUT2D eigenvalue weighted by atomic mass is 10.1. The molecule has 20 heavy (non-hydrogen) atoms. The lowest BCUT2D eigenvalue weighted by molar-refractivity contribution is 0.271. The standard InChI is InChI=1S/C15H19N5/c1-2-9-20(8-1)13(12-4-3-7-16-10-12)15-17-14(18-19-15)11-5-6-11/h3-4,7,10-11,13H,1-2,5-6,8-9H2,(H,17,18,19)/t13-/m0/s1. The van der Waals surface area contributed by atoms with E-state index in [4.69, 9.17) is 4.98 Å². The van der Waals surface area contributed by atoms with Crippen LogP contribution in [0.4, 0.5) is 0 Å². The lowest BCUT2D eigenvalue weighted by Gasteiger charge is -2.25. The third-order valence-electron chi connectivity index (χ3n) is 4.23. The van der Waals surface area contributed by atoms with Crippen LogP contribution in [0.3, 0.4) is 0 Å². The molecule has 4 rings (SSSR count). The van der Waals surface area contributed by atoms with Crippen molar-refractivity contribution in [2.24, 2.45) is 0 Å². The van der Waals surface area contributed by atoms with Crippen LogP contribution in [0.25, 0.3) is 0 Å². The lowest BCUT2D eigenvalue weighted by Crippen LogP contribution is -2.27. The average molecular weight is 269 g/mol. The van der Waals surface area contributed by atoms with Gasteiger partial charge in [0.05, 0.1) is 6.04 Å². The van der Waals surface area contributed by atoms with Gasteiger partial charge in [-0.15, -0.1) is 0 Å². The molecule has 1 N–H and O–H groups in total.